The molecule has 0 unspecified atom stereocenters. The van der Waals surface area contributed by atoms with Crippen molar-refractivity contribution in [2.45, 2.75) is 6.42 Å². The SMILES string of the molecule is O=C(Nc1ccccc1F)[C@@H]1[C@@H](C(=O)[O-])[C@H]2C=C[C@@H]1C2. The van der Waals surface area contributed by atoms with Crippen LogP contribution in [0.15, 0.2) is 36.4 Å². The molecule has 2 bridgehead atoms. The van der Waals surface area contributed by atoms with Gasteiger partial charge >= 0.3 is 0 Å². The molecule has 0 heterocycles. The molecule has 104 valence electrons. The zero-order valence-electron chi connectivity index (χ0n) is 10.6. The molecule has 0 radical (unpaired) electrons. The maximum atomic E-state index is 13.5. The Labute approximate surface area is 115 Å². The van der Waals surface area contributed by atoms with Crippen molar-refractivity contribution >= 4 is 17.6 Å². The van der Waals surface area contributed by atoms with Gasteiger partial charge in [0.1, 0.15) is 5.82 Å². The fourth-order valence-electron chi connectivity index (χ4n) is 3.28. The van der Waals surface area contributed by atoms with Gasteiger partial charge < -0.3 is 15.2 Å². The summed E-state index contributed by atoms with van der Waals surface area (Å²) in [6.07, 6.45) is 4.35. The van der Waals surface area contributed by atoms with Crippen LogP contribution in [0.4, 0.5) is 10.1 Å². The first kappa shape index (κ1) is 12.8. The number of amides is 1. The smallest absolute Gasteiger partial charge is 0.228 e. The second kappa shape index (κ2) is 4.74. The fourth-order valence-corrected chi connectivity index (χ4v) is 3.28. The number of carboxylic acid groups (broad SMARTS) is 1. The number of hydrogen-bond donors (Lipinski definition) is 1. The van der Waals surface area contributed by atoms with Crippen LogP contribution in [0.1, 0.15) is 6.42 Å². The standard InChI is InChI=1S/C15H14FNO3/c16-10-3-1-2-4-11(10)17-14(18)12-8-5-6-9(7-8)13(12)15(19)20/h1-6,8-9,12-13H,7H2,(H,17,18)(H,19,20)/p-1/t8-,9+,12+,13+/m1/s1. The molecule has 1 fully saturated rings. The predicted octanol–water partition coefficient (Wildman–Crippen LogP) is 0.952. The lowest BCUT2D eigenvalue weighted by Crippen LogP contribution is -2.42. The highest BCUT2D eigenvalue weighted by Gasteiger charge is 2.48. The first-order valence-corrected chi connectivity index (χ1v) is 6.52. The number of hydrogen-bond acceptors (Lipinski definition) is 3. The number of halogens is 1. The van der Waals surface area contributed by atoms with Crippen molar-refractivity contribution in [3.05, 3.63) is 42.2 Å². The fraction of sp³-hybridized carbons (Fsp3) is 0.333. The van der Waals surface area contributed by atoms with E-state index in [0.29, 0.717) is 6.42 Å². The molecule has 1 aromatic carbocycles. The first-order valence-electron chi connectivity index (χ1n) is 6.52. The minimum Gasteiger partial charge on any atom is -0.550 e. The van der Waals surface area contributed by atoms with E-state index in [2.05, 4.69) is 5.32 Å². The topological polar surface area (TPSA) is 69.2 Å². The molecule has 1 N–H and O–H groups in total. The molecule has 0 aliphatic heterocycles. The van der Waals surface area contributed by atoms with Gasteiger partial charge in [0, 0.05) is 11.9 Å². The zero-order valence-corrected chi connectivity index (χ0v) is 10.6. The Hall–Kier alpha value is -2.17. The minimum absolute atomic E-state index is 0.0707. The van der Waals surface area contributed by atoms with Crippen molar-refractivity contribution in [1.82, 2.24) is 0 Å². The summed E-state index contributed by atoms with van der Waals surface area (Å²) in [6.45, 7) is 0. The number of benzene rings is 1. The lowest BCUT2D eigenvalue weighted by atomic mass is 9.82. The van der Waals surface area contributed by atoms with E-state index in [1.165, 1.54) is 18.2 Å². The van der Waals surface area contributed by atoms with Gasteiger partial charge in [-0.3, -0.25) is 4.79 Å². The molecular weight excluding hydrogens is 261 g/mol. The molecule has 2 aliphatic carbocycles. The number of fused-ring (bicyclic) bond motifs is 2. The summed E-state index contributed by atoms with van der Waals surface area (Å²) in [6, 6.07) is 5.82. The summed E-state index contributed by atoms with van der Waals surface area (Å²) in [4.78, 5) is 23.5. The van der Waals surface area contributed by atoms with Crippen molar-refractivity contribution < 1.29 is 19.1 Å². The number of nitrogens with one attached hydrogen (secondary N) is 1. The highest BCUT2D eigenvalue weighted by atomic mass is 19.1. The zero-order chi connectivity index (χ0) is 14.3. The van der Waals surface area contributed by atoms with Crippen molar-refractivity contribution in [2.24, 2.45) is 23.7 Å². The summed E-state index contributed by atoms with van der Waals surface area (Å²) in [5.41, 5.74) is 0.0707. The summed E-state index contributed by atoms with van der Waals surface area (Å²) >= 11 is 0. The maximum absolute atomic E-state index is 13.5. The molecule has 0 saturated heterocycles. The van der Waals surface area contributed by atoms with E-state index < -0.39 is 29.5 Å². The van der Waals surface area contributed by atoms with Gasteiger partial charge in [-0.2, -0.15) is 0 Å². The van der Waals surface area contributed by atoms with E-state index in [9.17, 15) is 19.1 Å². The Balaban J connectivity index is 1.82. The van der Waals surface area contributed by atoms with Crippen LogP contribution in [-0.2, 0) is 9.59 Å². The van der Waals surface area contributed by atoms with Gasteiger partial charge in [0.15, 0.2) is 0 Å². The summed E-state index contributed by atoms with van der Waals surface area (Å²) < 4.78 is 13.5. The van der Waals surface area contributed by atoms with Gasteiger partial charge in [-0.1, -0.05) is 24.3 Å². The highest BCUT2D eigenvalue weighted by Crippen LogP contribution is 2.48. The normalized spacial score (nSPS) is 30.4. The number of allylic oxidation sites excluding steroid dienone is 2. The molecule has 2 aliphatic rings. The number of aliphatic carboxylic acids is 1. The number of anilines is 1. The third kappa shape index (κ3) is 1.99. The summed E-state index contributed by atoms with van der Waals surface area (Å²) in [5, 5.41) is 13.7. The number of carboxylic acids is 1. The highest BCUT2D eigenvalue weighted by molar-refractivity contribution is 5.96. The van der Waals surface area contributed by atoms with Gasteiger partial charge in [-0.15, -0.1) is 0 Å². The number of para-hydroxylation sites is 1. The molecule has 0 aromatic heterocycles. The van der Waals surface area contributed by atoms with Crippen LogP contribution in [0.25, 0.3) is 0 Å². The van der Waals surface area contributed by atoms with Crippen LogP contribution in [0.3, 0.4) is 0 Å². The molecule has 0 spiro atoms. The van der Waals surface area contributed by atoms with Crippen molar-refractivity contribution in [3.63, 3.8) is 0 Å². The van der Waals surface area contributed by atoms with Crippen LogP contribution in [0.5, 0.6) is 0 Å². The van der Waals surface area contributed by atoms with Crippen molar-refractivity contribution in [3.8, 4) is 0 Å². The minimum atomic E-state index is -1.21. The Bertz CT molecular complexity index is 599. The molecule has 4 nitrogen and oxygen atoms in total. The first-order chi connectivity index (χ1) is 9.58. The van der Waals surface area contributed by atoms with Gasteiger partial charge in [-0.25, -0.2) is 4.39 Å². The van der Waals surface area contributed by atoms with Crippen LogP contribution < -0.4 is 10.4 Å². The molecule has 20 heavy (non-hydrogen) atoms. The molecule has 1 amide bonds. The van der Waals surface area contributed by atoms with E-state index in [-0.39, 0.29) is 17.5 Å². The van der Waals surface area contributed by atoms with E-state index in [1.807, 2.05) is 12.2 Å². The largest absolute Gasteiger partial charge is 0.550 e. The number of carbonyl (C=O) groups is 2. The lowest BCUT2D eigenvalue weighted by molar-refractivity contribution is -0.313. The van der Waals surface area contributed by atoms with Gasteiger partial charge in [-0.05, 0) is 30.4 Å². The van der Waals surface area contributed by atoms with Crippen LogP contribution in [0, 0.1) is 29.5 Å². The van der Waals surface area contributed by atoms with Crippen LogP contribution in [-0.4, -0.2) is 11.9 Å². The predicted molar refractivity (Wildman–Crippen MR) is 67.8 cm³/mol. The van der Waals surface area contributed by atoms with E-state index in [1.54, 1.807) is 6.07 Å². The van der Waals surface area contributed by atoms with Gasteiger partial charge in [0.25, 0.3) is 0 Å². The lowest BCUT2D eigenvalue weighted by Gasteiger charge is -2.27. The van der Waals surface area contributed by atoms with Gasteiger partial charge in [0.05, 0.1) is 11.6 Å². The quantitative estimate of drug-likeness (QED) is 0.834. The molecule has 5 heteroatoms. The second-order valence-electron chi connectivity index (χ2n) is 5.29. The molecule has 3 rings (SSSR count). The van der Waals surface area contributed by atoms with E-state index in [0.717, 1.165) is 0 Å². The van der Waals surface area contributed by atoms with Gasteiger partial charge in [0.2, 0.25) is 5.91 Å². The third-order valence-corrected chi connectivity index (χ3v) is 4.17. The summed E-state index contributed by atoms with van der Waals surface area (Å²) in [7, 11) is 0. The van der Waals surface area contributed by atoms with Crippen LogP contribution in [0.2, 0.25) is 0 Å². The Morgan fingerprint density at radius 3 is 2.45 bits per heavy atom. The van der Waals surface area contributed by atoms with E-state index in [4.69, 9.17) is 0 Å². The number of rotatable bonds is 3. The maximum Gasteiger partial charge on any atom is 0.228 e. The Morgan fingerprint density at radius 1 is 1.15 bits per heavy atom. The Morgan fingerprint density at radius 2 is 1.80 bits per heavy atom. The monoisotopic (exact) mass is 274 g/mol. The van der Waals surface area contributed by atoms with Crippen LogP contribution >= 0.6 is 0 Å². The van der Waals surface area contributed by atoms with E-state index >= 15 is 0 Å². The number of carbonyl (C=O) groups excluding carboxylic acids is 2. The molecule has 4 atom stereocenters. The molecule has 1 aromatic rings. The molecular formula is C15H13FNO3-. The summed E-state index contributed by atoms with van der Waals surface area (Å²) in [5.74, 6) is -3.97. The second-order valence-corrected chi connectivity index (χ2v) is 5.29. The molecule has 1 saturated carbocycles. The average molecular weight is 274 g/mol. The third-order valence-electron chi connectivity index (χ3n) is 4.17. The van der Waals surface area contributed by atoms with Crippen molar-refractivity contribution in [1.29, 1.82) is 0 Å². The average Bonchev–Trinajstić information content (AvgIpc) is 3.01. The van der Waals surface area contributed by atoms with Crippen molar-refractivity contribution in [2.75, 3.05) is 5.32 Å². The Kier molecular flexibility index (Phi) is 3.04.